The van der Waals surface area contributed by atoms with Crippen LogP contribution in [0.3, 0.4) is 0 Å². The van der Waals surface area contributed by atoms with Gasteiger partial charge in [0, 0.05) is 23.3 Å². The minimum Gasteiger partial charge on any atom is -0.344 e. The second-order valence-electron chi connectivity index (χ2n) is 4.16. The lowest BCUT2D eigenvalue weighted by Crippen LogP contribution is -2.33. The molecule has 0 spiro atoms. The van der Waals surface area contributed by atoms with Gasteiger partial charge in [-0.2, -0.15) is 0 Å². The van der Waals surface area contributed by atoms with Gasteiger partial charge in [-0.05, 0) is 18.8 Å². The Kier molecular flexibility index (Phi) is 3.67. The summed E-state index contributed by atoms with van der Waals surface area (Å²) >= 11 is 5.40. The van der Waals surface area contributed by atoms with E-state index in [9.17, 15) is 0 Å². The van der Waals surface area contributed by atoms with Crippen molar-refractivity contribution in [1.29, 1.82) is 0 Å². The third kappa shape index (κ3) is 2.21. The predicted molar refractivity (Wildman–Crippen MR) is 70.2 cm³/mol. The van der Waals surface area contributed by atoms with Gasteiger partial charge in [-0.3, -0.25) is 0 Å². The first-order chi connectivity index (χ1) is 7.26. The fourth-order valence-electron chi connectivity index (χ4n) is 2.07. The predicted octanol–water partition coefficient (Wildman–Crippen LogP) is 3.32. The Labute approximate surface area is 104 Å². The van der Waals surface area contributed by atoms with E-state index in [-0.39, 0.29) is 0 Å². The molecule has 2 heterocycles. The van der Waals surface area contributed by atoms with E-state index in [0.717, 1.165) is 24.2 Å². The summed E-state index contributed by atoms with van der Waals surface area (Å²) in [4.78, 5) is 7.13. The largest absolute Gasteiger partial charge is 0.344 e. The van der Waals surface area contributed by atoms with Gasteiger partial charge in [-0.25, -0.2) is 4.98 Å². The Morgan fingerprint density at radius 2 is 2.47 bits per heavy atom. The molecule has 0 saturated carbocycles. The summed E-state index contributed by atoms with van der Waals surface area (Å²) in [5.41, 5.74) is 1.22. The molecule has 0 amide bonds. The molecule has 1 aliphatic heterocycles. The van der Waals surface area contributed by atoms with Crippen LogP contribution in [0, 0.1) is 5.92 Å². The normalized spacial score (nSPS) is 26.2. The molecule has 2 rings (SSSR count). The van der Waals surface area contributed by atoms with E-state index in [1.807, 2.05) is 0 Å². The molecule has 0 bridgehead atoms. The smallest absolute Gasteiger partial charge is 0.185 e. The van der Waals surface area contributed by atoms with Gasteiger partial charge in [0.15, 0.2) is 5.13 Å². The Balaban J connectivity index is 2.16. The Bertz CT molecular complexity index is 326. The maximum Gasteiger partial charge on any atom is 0.185 e. The molecule has 1 aromatic heterocycles. The Hall–Kier alpha value is -0.0900. The van der Waals surface area contributed by atoms with Crippen molar-refractivity contribution in [2.45, 2.75) is 32.7 Å². The quantitative estimate of drug-likeness (QED) is 0.794. The molecule has 1 aliphatic rings. The van der Waals surface area contributed by atoms with Crippen molar-refractivity contribution in [2.24, 2.45) is 5.92 Å². The van der Waals surface area contributed by atoms with Crippen molar-refractivity contribution >= 4 is 32.4 Å². The monoisotopic (exact) mass is 288 g/mol. The molecule has 2 atom stereocenters. The maximum atomic E-state index is 4.67. The summed E-state index contributed by atoms with van der Waals surface area (Å²) in [6.45, 7) is 5.65. The second kappa shape index (κ2) is 4.83. The van der Waals surface area contributed by atoms with Crippen LogP contribution in [-0.2, 0) is 6.42 Å². The number of aryl methyl sites for hydroxylation is 1. The molecule has 2 nitrogen and oxygen atoms in total. The number of hydrogen-bond acceptors (Lipinski definition) is 3. The van der Waals surface area contributed by atoms with Gasteiger partial charge in [0.1, 0.15) is 0 Å². The first-order valence-electron chi connectivity index (χ1n) is 5.53. The topological polar surface area (TPSA) is 16.1 Å². The van der Waals surface area contributed by atoms with Crippen LogP contribution in [0.15, 0.2) is 5.38 Å². The minimum absolute atomic E-state index is 0.626. The van der Waals surface area contributed by atoms with E-state index < -0.39 is 0 Å². The van der Waals surface area contributed by atoms with Crippen LogP contribution >= 0.6 is 27.3 Å². The lowest BCUT2D eigenvalue weighted by atomic mass is 10.1. The molecule has 0 radical (unpaired) electrons. The molecule has 1 fully saturated rings. The molecular formula is C11H17BrN2S. The van der Waals surface area contributed by atoms with Gasteiger partial charge in [0.05, 0.1) is 5.69 Å². The van der Waals surface area contributed by atoms with Crippen LogP contribution in [0.5, 0.6) is 0 Å². The van der Waals surface area contributed by atoms with Crippen molar-refractivity contribution in [2.75, 3.05) is 16.8 Å². The number of aromatic nitrogens is 1. The summed E-state index contributed by atoms with van der Waals surface area (Å²) in [5, 5.41) is 4.44. The van der Waals surface area contributed by atoms with Gasteiger partial charge in [0.25, 0.3) is 0 Å². The molecule has 84 valence electrons. The van der Waals surface area contributed by atoms with Gasteiger partial charge in [0.2, 0.25) is 0 Å². The van der Waals surface area contributed by atoms with Crippen molar-refractivity contribution in [3.63, 3.8) is 0 Å². The number of anilines is 1. The lowest BCUT2D eigenvalue weighted by Gasteiger charge is -2.24. The van der Waals surface area contributed by atoms with E-state index in [4.69, 9.17) is 0 Å². The molecule has 0 aromatic carbocycles. The summed E-state index contributed by atoms with van der Waals surface area (Å²) in [6.07, 6.45) is 2.33. The van der Waals surface area contributed by atoms with E-state index >= 15 is 0 Å². The number of rotatable bonds is 3. The summed E-state index contributed by atoms with van der Waals surface area (Å²) < 4.78 is 0. The average Bonchev–Trinajstić information content (AvgIpc) is 2.83. The third-order valence-corrected chi connectivity index (χ3v) is 4.78. The maximum absolute atomic E-state index is 4.67. The zero-order valence-electron chi connectivity index (χ0n) is 9.24. The minimum atomic E-state index is 0.626. The highest BCUT2D eigenvalue weighted by molar-refractivity contribution is 9.09. The highest BCUT2D eigenvalue weighted by Gasteiger charge is 2.31. The average molecular weight is 289 g/mol. The summed E-state index contributed by atoms with van der Waals surface area (Å²) in [6, 6.07) is 0.626. The van der Waals surface area contributed by atoms with Crippen molar-refractivity contribution in [1.82, 2.24) is 4.98 Å². The van der Waals surface area contributed by atoms with Crippen LogP contribution in [0.25, 0.3) is 0 Å². The van der Waals surface area contributed by atoms with E-state index in [2.05, 4.69) is 45.0 Å². The Morgan fingerprint density at radius 3 is 3.07 bits per heavy atom. The lowest BCUT2D eigenvalue weighted by molar-refractivity contribution is 0.554. The van der Waals surface area contributed by atoms with E-state index in [0.29, 0.717) is 6.04 Å². The molecular weight excluding hydrogens is 272 g/mol. The van der Waals surface area contributed by atoms with Crippen LogP contribution in [0.2, 0.25) is 0 Å². The standard InChI is InChI=1S/C11H17BrN2S/c1-3-9-7-15-11(13-9)14-5-4-8(2)10(14)6-12/h7-8,10H,3-6H2,1-2H3. The van der Waals surface area contributed by atoms with Crippen molar-refractivity contribution in [3.8, 4) is 0 Å². The fourth-order valence-corrected chi connectivity index (χ4v) is 4.05. The summed E-state index contributed by atoms with van der Waals surface area (Å²) in [5.74, 6) is 0.776. The number of alkyl halides is 1. The van der Waals surface area contributed by atoms with E-state index in [1.165, 1.54) is 17.2 Å². The highest BCUT2D eigenvalue weighted by atomic mass is 79.9. The number of nitrogens with zero attached hydrogens (tertiary/aromatic N) is 2. The van der Waals surface area contributed by atoms with Gasteiger partial charge < -0.3 is 4.90 Å². The molecule has 4 heteroatoms. The molecule has 0 N–H and O–H groups in total. The third-order valence-electron chi connectivity index (χ3n) is 3.19. The van der Waals surface area contributed by atoms with Crippen LogP contribution in [0.4, 0.5) is 5.13 Å². The zero-order chi connectivity index (χ0) is 10.8. The number of hydrogen-bond donors (Lipinski definition) is 0. The number of halogens is 1. The fraction of sp³-hybridized carbons (Fsp3) is 0.727. The van der Waals surface area contributed by atoms with E-state index in [1.54, 1.807) is 11.3 Å². The summed E-state index contributed by atoms with van der Waals surface area (Å²) in [7, 11) is 0. The molecule has 15 heavy (non-hydrogen) atoms. The molecule has 0 aliphatic carbocycles. The van der Waals surface area contributed by atoms with Crippen molar-refractivity contribution in [3.05, 3.63) is 11.1 Å². The van der Waals surface area contributed by atoms with Gasteiger partial charge in [-0.1, -0.05) is 29.8 Å². The first kappa shape index (κ1) is 11.4. The molecule has 2 unspecified atom stereocenters. The van der Waals surface area contributed by atoms with Crippen molar-refractivity contribution < 1.29 is 0 Å². The first-order valence-corrected chi connectivity index (χ1v) is 7.53. The molecule has 1 aromatic rings. The SMILES string of the molecule is CCc1csc(N2CCC(C)C2CBr)n1. The van der Waals surface area contributed by atoms with Crippen LogP contribution in [-0.4, -0.2) is 22.9 Å². The van der Waals surface area contributed by atoms with Crippen LogP contribution in [0.1, 0.15) is 26.0 Å². The molecule has 1 saturated heterocycles. The zero-order valence-corrected chi connectivity index (χ0v) is 11.6. The van der Waals surface area contributed by atoms with Crippen LogP contribution < -0.4 is 4.90 Å². The second-order valence-corrected chi connectivity index (χ2v) is 5.64. The Morgan fingerprint density at radius 1 is 1.67 bits per heavy atom. The van der Waals surface area contributed by atoms with Gasteiger partial charge >= 0.3 is 0 Å². The highest BCUT2D eigenvalue weighted by Crippen LogP contribution is 2.32. The number of thiazole rings is 1. The van der Waals surface area contributed by atoms with Gasteiger partial charge in [-0.15, -0.1) is 11.3 Å².